The molecule has 19 heteroatoms. The van der Waals surface area contributed by atoms with Gasteiger partial charge < -0.3 is 28.8 Å². The molecule has 12 nitrogen and oxygen atoms in total. The quantitative estimate of drug-likeness (QED) is 0.0263. The van der Waals surface area contributed by atoms with Gasteiger partial charge in [0.1, 0.15) is 23.0 Å². The lowest BCUT2D eigenvalue weighted by molar-refractivity contribution is -0.197. The van der Waals surface area contributed by atoms with Gasteiger partial charge in [-0.25, -0.2) is 9.59 Å². The van der Waals surface area contributed by atoms with Gasteiger partial charge in [0.2, 0.25) is 0 Å². The van der Waals surface area contributed by atoms with Crippen LogP contribution in [0.15, 0.2) is 299 Å². The molecular formula is C100H113F4O12S3+3. The zero-order chi connectivity index (χ0) is 85.6. The molecule has 0 aromatic heterocycles. The Kier molecular flexibility index (Phi) is 29.7. The highest BCUT2D eigenvalue weighted by molar-refractivity contribution is 7.97. The molecule has 9 aromatic carbocycles. The van der Waals surface area contributed by atoms with Crippen molar-refractivity contribution in [3.8, 4) is 17.2 Å². The van der Waals surface area contributed by atoms with Crippen LogP contribution in [0.25, 0.3) is 0 Å². The van der Waals surface area contributed by atoms with Crippen molar-refractivity contribution in [1.29, 1.82) is 0 Å². The Morgan fingerprint density at radius 1 is 0.336 bits per heavy atom. The van der Waals surface area contributed by atoms with E-state index in [1.54, 1.807) is 0 Å². The fourth-order valence-corrected chi connectivity index (χ4v) is 23.3. The Bertz CT molecular complexity index is 4320. The molecule has 9 aromatic rings. The number of aliphatic hydroxyl groups is 1. The molecule has 0 radical (unpaired) electrons. The Hall–Kier alpha value is -9.27. The number of hydrogen-bond donors (Lipinski definition) is 1. The van der Waals surface area contributed by atoms with Gasteiger partial charge in [-0.3, -0.25) is 19.2 Å². The Morgan fingerprint density at radius 2 is 0.580 bits per heavy atom. The summed E-state index contributed by atoms with van der Waals surface area (Å²) in [6.07, 6.45) is 11.6. The van der Waals surface area contributed by atoms with Crippen LogP contribution in [-0.4, -0.2) is 71.4 Å². The first kappa shape index (κ1) is 90.5. The number of alkyl halides is 4. The van der Waals surface area contributed by atoms with E-state index >= 15 is 0 Å². The number of ketones is 1. The highest BCUT2D eigenvalue weighted by Gasteiger charge is 2.59. The molecule has 0 spiro atoms. The van der Waals surface area contributed by atoms with E-state index in [2.05, 4.69) is 182 Å². The van der Waals surface area contributed by atoms with Crippen LogP contribution in [-0.2, 0) is 70.9 Å². The second kappa shape index (κ2) is 39.1. The summed E-state index contributed by atoms with van der Waals surface area (Å²) in [6.45, 7) is 18.6. The van der Waals surface area contributed by atoms with Crippen LogP contribution in [0.5, 0.6) is 17.2 Å². The molecule has 8 aliphatic rings. The third-order valence-corrected chi connectivity index (χ3v) is 30.7. The van der Waals surface area contributed by atoms with Crippen molar-refractivity contribution in [1.82, 2.24) is 0 Å². The van der Waals surface area contributed by atoms with Crippen molar-refractivity contribution in [2.75, 3.05) is 13.2 Å². The van der Waals surface area contributed by atoms with Crippen LogP contribution < -0.4 is 14.2 Å². The van der Waals surface area contributed by atoms with E-state index < -0.39 is 45.6 Å². The molecule has 8 saturated carbocycles. The van der Waals surface area contributed by atoms with Gasteiger partial charge in [0.05, 0.1) is 67.7 Å². The summed E-state index contributed by atoms with van der Waals surface area (Å²) in [4.78, 5) is 82.5. The first-order valence-electron chi connectivity index (χ1n) is 41.4. The molecule has 628 valence electrons. The van der Waals surface area contributed by atoms with E-state index in [9.17, 15) is 51.4 Å². The van der Waals surface area contributed by atoms with Gasteiger partial charge in [0, 0.05) is 36.5 Å². The minimum Gasteiger partial charge on any atom is -0.461 e. The maximum atomic E-state index is 12.8. The van der Waals surface area contributed by atoms with Gasteiger partial charge in [-0.1, -0.05) is 130 Å². The molecule has 8 fully saturated rings. The summed E-state index contributed by atoms with van der Waals surface area (Å²) < 4.78 is 77.7. The molecule has 0 amide bonds. The molecule has 119 heavy (non-hydrogen) atoms. The lowest BCUT2D eigenvalue weighted by Crippen LogP contribution is -2.57. The number of carbonyl (C=O) groups excluding carboxylic acids is 6. The van der Waals surface area contributed by atoms with Crippen molar-refractivity contribution in [3.05, 3.63) is 255 Å². The predicted molar refractivity (Wildman–Crippen MR) is 460 cm³/mol. The second-order valence-electron chi connectivity index (χ2n) is 35.0. The number of benzene rings is 9. The van der Waals surface area contributed by atoms with Crippen molar-refractivity contribution in [3.63, 3.8) is 0 Å². The number of Topliss-reactive ketones (excluding diaryl/α,β-unsaturated/α-hetero) is 1. The highest BCUT2D eigenvalue weighted by Crippen LogP contribution is 2.62. The molecule has 0 saturated heterocycles. The van der Waals surface area contributed by atoms with Crippen molar-refractivity contribution in [2.45, 2.75) is 228 Å². The molecule has 0 aliphatic heterocycles. The number of esters is 5. The van der Waals surface area contributed by atoms with Gasteiger partial charge in [0.25, 0.3) is 0 Å². The summed E-state index contributed by atoms with van der Waals surface area (Å²) in [5.41, 5.74) is -2.55. The van der Waals surface area contributed by atoms with Crippen LogP contribution in [0, 0.1) is 56.7 Å². The van der Waals surface area contributed by atoms with Crippen LogP contribution in [0.2, 0.25) is 0 Å². The Morgan fingerprint density at radius 3 is 0.824 bits per heavy atom. The van der Waals surface area contributed by atoms with Gasteiger partial charge >= 0.3 is 41.7 Å². The Labute approximate surface area is 708 Å². The molecule has 4 atom stereocenters. The molecular weight excluding hydrogens is 1570 g/mol. The average Bonchev–Trinajstić information content (AvgIpc) is 0.731. The first-order valence-corrected chi connectivity index (χ1v) is 45.1. The SMILES string of the molecule is CC(F)(F)C(=O)OCC12CC3CC(C1)C(=O)C(C3)C2.CC(F)(F)C(=O)OCC12CC3CC(CC(O)(C3)C1)C2.CCC(C)(C)C(=O)Oc1ccc([S+](c2ccccc2)c2ccccc2)cc1.CCC(C)(C)C(=O)Oc1ccc([S+](c2ccccc2)c2ccccc2)cc1.CCC(C)(C)C(=O)Oc1ccc([S+](c2ccccc2)c2ccccc2)cc1. The van der Waals surface area contributed by atoms with E-state index in [0.29, 0.717) is 73.9 Å². The zero-order valence-corrected chi connectivity index (χ0v) is 72.6. The number of rotatable bonds is 24. The highest BCUT2D eigenvalue weighted by atomic mass is 32.2. The second-order valence-corrected chi connectivity index (χ2v) is 41.0. The van der Waals surface area contributed by atoms with E-state index in [1.807, 2.05) is 135 Å². The summed E-state index contributed by atoms with van der Waals surface area (Å²) in [5, 5.41) is 10.5. The normalized spacial score (nSPS) is 21.3. The van der Waals surface area contributed by atoms with Crippen molar-refractivity contribution < 1.29 is 75.1 Å². The third-order valence-electron chi connectivity index (χ3n) is 24.0. The van der Waals surface area contributed by atoms with E-state index in [-0.39, 0.29) is 86.5 Å². The number of ether oxygens (including phenoxy) is 5. The smallest absolute Gasteiger partial charge is 0.376 e. The van der Waals surface area contributed by atoms with Crippen LogP contribution in [0.1, 0.15) is 166 Å². The van der Waals surface area contributed by atoms with Crippen molar-refractivity contribution >= 4 is 68.3 Å². The molecule has 8 bridgehead atoms. The van der Waals surface area contributed by atoms with Gasteiger partial charge in [-0.05, 0) is 295 Å². The summed E-state index contributed by atoms with van der Waals surface area (Å²) >= 11 is 0. The predicted octanol–water partition coefficient (Wildman–Crippen LogP) is 23.5. The molecule has 8 aliphatic carbocycles. The molecule has 0 heterocycles. The minimum absolute atomic E-state index is 0.0323. The third kappa shape index (κ3) is 23.7. The summed E-state index contributed by atoms with van der Waals surface area (Å²) in [7, 11) is -0.584. The van der Waals surface area contributed by atoms with Gasteiger partial charge in [0.15, 0.2) is 44.1 Å². The maximum absolute atomic E-state index is 12.8. The largest absolute Gasteiger partial charge is 0.461 e. The number of carbonyl (C=O) groups is 6. The first-order chi connectivity index (χ1) is 56.5. The fraction of sp³-hybridized carbons (Fsp3) is 0.400. The minimum atomic E-state index is -3.43. The number of hydrogen-bond acceptors (Lipinski definition) is 12. The van der Waals surface area contributed by atoms with E-state index in [4.69, 9.17) is 23.7 Å². The average molecular weight is 1680 g/mol. The van der Waals surface area contributed by atoms with Crippen molar-refractivity contribution in [2.24, 2.45) is 56.7 Å². The van der Waals surface area contributed by atoms with E-state index in [0.717, 1.165) is 70.6 Å². The molecule has 17 rings (SSSR count). The zero-order valence-electron chi connectivity index (χ0n) is 70.1. The summed E-state index contributed by atoms with van der Waals surface area (Å²) in [5.74, 6) is -6.62. The molecule has 4 unspecified atom stereocenters. The maximum Gasteiger partial charge on any atom is 0.376 e. The topological polar surface area (TPSA) is 169 Å². The molecule has 1 N–H and O–H groups in total. The van der Waals surface area contributed by atoms with Crippen LogP contribution in [0.3, 0.4) is 0 Å². The van der Waals surface area contributed by atoms with Gasteiger partial charge in [-0.15, -0.1) is 0 Å². The summed E-state index contributed by atoms with van der Waals surface area (Å²) in [6, 6.07) is 86.7. The lowest BCUT2D eigenvalue weighted by Gasteiger charge is -2.59. The standard InChI is InChI=1S/3C24H25O2S.C14H20F2O3.C14H18F2O3/c3*1-4-24(2,3)23(25)26-19-15-17-22(18-16-19)27(20-11-7-5-8-12-20)21-13-9-6-10-14-21;1-12(15,16)11(17)19-8-13-3-9-2-10(4-13)6-14(18,5-9)7-13;1-13(15,16)12(18)19-7-14-4-8-2-9(5-14)11(17)10(3-8)6-14/h3*5-18H,4H2,1-3H3;9-10,18H,2-8H2,1H3;8-10H,2-7H2,1H3/q3*+1;;. The van der Waals surface area contributed by atoms with Crippen LogP contribution >= 0.6 is 0 Å². The van der Waals surface area contributed by atoms with E-state index in [1.165, 1.54) is 44.1 Å². The Balaban J connectivity index is 0.000000147. The van der Waals surface area contributed by atoms with Gasteiger partial charge in [-0.2, -0.15) is 17.6 Å². The monoisotopic (exact) mass is 1680 g/mol. The number of halogens is 4. The van der Waals surface area contributed by atoms with Crippen LogP contribution in [0.4, 0.5) is 17.6 Å². The fourth-order valence-electron chi connectivity index (χ4n) is 17.0. The lowest BCUT2D eigenvalue weighted by atomic mass is 9.48.